The Morgan fingerprint density at radius 3 is 2.55 bits per heavy atom. The van der Waals surface area contributed by atoms with Crippen molar-refractivity contribution in [1.29, 1.82) is 0 Å². The molecule has 1 aliphatic carbocycles. The number of rotatable bonds is 6. The van der Waals surface area contributed by atoms with E-state index in [9.17, 15) is 9.90 Å². The molecule has 1 fully saturated rings. The number of amides is 1. The SMILES string of the molecule is COc1ccc(N2Cc3cnc(NCC4CC4)nc3C(c3ccc(O)cc3)C2=O)cc1. The molecule has 31 heavy (non-hydrogen) atoms. The van der Waals surface area contributed by atoms with Crippen molar-refractivity contribution in [2.45, 2.75) is 25.3 Å². The molecule has 0 radical (unpaired) electrons. The summed E-state index contributed by atoms with van der Waals surface area (Å²) in [6, 6.07) is 14.2. The molecule has 2 aromatic carbocycles. The fourth-order valence-corrected chi connectivity index (χ4v) is 3.90. The highest BCUT2D eigenvalue weighted by Crippen LogP contribution is 2.37. The van der Waals surface area contributed by atoms with Crippen molar-refractivity contribution in [1.82, 2.24) is 9.97 Å². The Hall–Kier alpha value is -3.61. The topological polar surface area (TPSA) is 87.6 Å². The summed E-state index contributed by atoms with van der Waals surface area (Å²) in [7, 11) is 1.62. The molecule has 2 heterocycles. The Morgan fingerprint density at radius 1 is 1.13 bits per heavy atom. The number of hydrogen-bond acceptors (Lipinski definition) is 6. The molecule has 0 saturated heterocycles. The van der Waals surface area contributed by atoms with Crippen LogP contribution in [0.25, 0.3) is 0 Å². The van der Waals surface area contributed by atoms with E-state index in [1.54, 1.807) is 36.3 Å². The van der Waals surface area contributed by atoms with Crippen LogP contribution in [0.4, 0.5) is 11.6 Å². The van der Waals surface area contributed by atoms with Gasteiger partial charge >= 0.3 is 0 Å². The van der Waals surface area contributed by atoms with Crippen molar-refractivity contribution in [2.24, 2.45) is 5.92 Å². The first-order valence-electron chi connectivity index (χ1n) is 10.5. The van der Waals surface area contributed by atoms with Crippen LogP contribution in [0.15, 0.2) is 54.7 Å². The van der Waals surface area contributed by atoms with Gasteiger partial charge < -0.3 is 20.1 Å². The Bertz CT molecular complexity index is 1090. The van der Waals surface area contributed by atoms with Crippen LogP contribution in [0.1, 0.15) is 35.6 Å². The summed E-state index contributed by atoms with van der Waals surface area (Å²) in [6.45, 7) is 1.26. The van der Waals surface area contributed by atoms with Gasteiger partial charge in [-0.05, 0) is 60.7 Å². The fraction of sp³-hybridized carbons (Fsp3) is 0.292. The van der Waals surface area contributed by atoms with E-state index >= 15 is 0 Å². The fourth-order valence-electron chi connectivity index (χ4n) is 3.90. The molecule has 1 saturated carbocycles. The third kappa shape index (κ3) is 3.91. The highest BCUT2D eigenvalue weighted by atomic mass is 16.5. The summed E-state index contributed by atoms with van der Waals surface area (Å²) in [5.74, 6) is 1.51. The van der Waals surface area contributed by atoms with Crippen molar-refractivity contribution in [2.75, 3.05) is 23.9 Å². The van der Waals surface area contributed by atoms with Gasteiger partial charge in [0.2, 0.25) is 11.9 Å². The van der Waals surface area contributed by atoms with E-state index in [1.807, 2.05) is 30.5 Å². The molecule has 3 aromatic rings. The molecule has 0 spiro atoms. The van der Waals surface area contributed by atoms with Gasteiger partial charge in [0.25, 0.3) is 0 Å². The van der Waals surface area contributed by atoms with Crippen LogP contribution in [0.2, 0.25) is 0 Å². The number of carbonyl (C=O) groups excluding carboxylic acids is 1. The number of carbonyl (C=O) groups is 1. The van der Waals surface area contributed by atoms with Gasteiger partial charge in [0.15, 0.2) is 0 Å². The molecule has 2 aliphatic rings. The molecule has 1 amide bonds. The van der Waals surface area contributed by atoms with Crippen molar-refractivity contribution in [3.63, 3.8) is 0 Å². The minimum Gasteiger partial charge on any atom is -0.508 e. The average Bonchev–Trinajstić information content (AvgIpc) is 3.63. The Morgan fingerprint density at radius 2 is 1.87 bits per heavy atom. The lowest BCUT2D eigenvalue weighted by molar-refractivity contribution is -0.119. The van der Waals surface area contributed by atoms with Gasteiger partial charge in [-0.1, -0.05) is 12.1 Å². The van der Waals surface area contributed by atoms with Gasteiger partial charge in [-0.2, -0.15) is 0 Å². The van der Waals surface area contributed by atoms with Crippen LogP contribution < -0.4 is 15.0 Å². The zero-order chi connectivity index (χ0) is 21.4. The molecule has 5 rings (SSSR count). The van der Waals surface area contributed by atoms with Crippen LogP contribution in [-0.4, -0.2) is 34.6 Å². The standard InChI is InChI=1S/C24H24N4O3/c1-31-20-10-6-18(7-11-20)28-14-17-13-26-24(25-12-15-2-3-15)27-22(17)21(23(28)30)16-4-8-19(29)9-5-16/h4-11,13,15,21,29H,2-3,12,14H2,1H3,(H,25,26,27). The summed E-state index contributed by atoms with van der Waals surface area (Å²) in [6.07, 6.45) is 4.29. The molecule has 1 aliphatic heterocycles. The third-order valence-electron chi connectivity index (χ3n) is 5.87. The van der Waals surface area contributed by atoms with Gasteiger partial charge in [0.05, 0.1) is 19.3 Å². The summed E-state index contributed by atoms with van der Waals surface area (Å²) in [5.41, 5.74) is 3.20. The van der Waals surface area contributed by atoms with E-state index in [-0.39, 0.29) is 11.7 Å². The number of nitrogens with zero attached hydrogens (tertiary/aromatic N) is 3. The molecule has 2 N–H and O–H groups in total. The number of phenolic OH excluding ortho intramolecular Hbond substituents is 1. The van der Waals surface area contributed by atoms with Gasteiger partial charge in [-0.15, -0.1) is 0 Å². The molecule has 1 unspecified atom stereocenters. The lowest BCUT2D eigenvalue weighted by Crippen LogP contribution is -2.40. The van der Waals surface area contributed by atoms with Crippen molar-refractivity contribution >= 4 is 17.5 Å². The van der Waals surface area contributed by atoms with Crippen LogP contribution in [-0.2, 0) is 11.3 Å². The molecule has 7 heteroatoms. The first kappa shape index (κ1) is 19.4. The van der Waals surface area contributed by atoms with E-state index < -0.39 is 5.92 Å². The van der Waals surface area contributed by atoms with Gasteiger partial charge in [0, 0.05) is 24.0 Å². The number of methoxy groups -OCH3 is 1. The number of fused-ring (bicyclic) bond motifs is 1. The van der Waals surface area contributed by atoms with E-state index in [0.717, 1.165) is 29.1 Å². The predicted molar refractivity (Wildman–Crippen MR) is 117 cm³/mol. The van der Waals surface area contributed by atoms with Crippen LogP contribution >= 0.6 is 0 Å². The smallest absolute Gasteiger partial charge is 0.240 e. The molecule has 7 nitrogen and oxygen atoms in total. The number of hydrogen-bond donors (Lipinski definition) is 2. The monoisotopic (exact) mass is 416 g/mol. The molecule has 1 atom stereocenters. The lowest BCUT2D eigenvalue weighted by atomic mass is 9.88. The first-order chi connectivity index (χ1) is 15.1. The highest BCUT2D eigenvalue weighted by molar-refractivity contribution is 6.01. The van der Waals surface area contributed by atoms with Crippen molar-refractivity contribution < 1.29 is 14.6 Å². The Balaban J connectivity index is 1.54. The Kier molecular flexibility index (Phi) is 4.94. The normalized spacial score (nSPS) is 17.9. The number of anilines is 2. The van der Waals surface area contributed by atoms with E-state index in [4.69, 9.17) is 9.72 Å². The second-order valence-electron chi connectivity index (χ2n) is 8.08. The Labute approximate surface area is 180 Å². The maximum atomic E-state index is 13.7. The zero-order valence-corrected chi connectivity index (χ0v) is 17.3. The maximum absolute atomic E-state index is 13.7. The lowest BCUT2D eigenvalue weighted by Gasteiger charge is -2.33. The molecular formula is C24H24N4O3. The largest absolute Gasteiger partial charge is 0.508 e. The number of benzene rings is 2. The number of aromatic hydroxyl groups is 1. The van der Waals surface area contributed by atoms with E-state index in [1.165, 1.54) is 12.8 Å². The maximum Gasteiger partial charge on any atom is 0.240 e. The van der Waals surface area contributed by atoms with E-state index in [2.05, 4.69) is 10.3 Å². The quantitative estimate of drug-likeness (QED) is 0.637. The van der Waals surface area contributed by atoms with Gasteiger partial charge in [0.1, 0.15) is 17.4 Å². The predicted octanol–water partition coefficient (Wildman–Crippen LogP) is 3.69. The summed E-state index contributed by atoms with van der Waals surface area (Å²) in [5, 5.41) is 13.0. The number of phenols is 1. The van der Waals surface area contributed by atoms with Crippen molar-refractivity contribution in [3.8, 4) is 11.5 Å². The van der Waals surface area contributed by atoms with Crippen molar-refractivity contribution in [3.05, 3.63) is 71.5 Å². The first-order valence-corrected chi connectivity index (χ1v) is 10.5. The van der Waals surface area contributed by atoms with E-state index in [0.29, 0.717) is 24.1 Å². The molecular weight excluding hydrogens is 392 g/mol. The number of nitrogens with one attached hydrogen (secondary N) is 1. The zero-order valence-electron chi connectivity index (χ0n) is 17.3. The molecule has 0 bridgehead atoms. The minimum atomic E-state index is -0.573. The van der Waals surface area contributed by atoms with Crippen LogP contribution in [0.5, 0.6) is 11.5 Å². The highest BCUT2D eigenvalue weighted by Gasteiger charge is 2.37. The number of ether oxygens (including phenoxy) is 1. The summed E-state index contributed by atoms with van der Waals surface area (Å²) in [4.78, 5) is 24.7. The van der Waals surface area contributed by atoms with Crippen LogP contribution in [0.3, 0.4) is 0 Å². The van der Waals surface area contributed by atoms with Gasteiger partial charge in [-0.3, -0.25) is 4.79 Å². The average molecular weight is 416 g/mol. The molecule has 158 valence electrons. The number of aromatic nitrogens is 2. The molecule has 1 aromatic heterocycles. The summed E-state index contributed by atoms with van der Waals surface area (Å²) < 4.78 is 5.24. The second-order valence-corrected chi connectivity index (χ2v) is 8.08. The second kappa shape index (κ2) is 7.91. The van der Waals surface area contributed by atoms with Gasteiger partial charge in [-0.25, -0.2) is 9.97 Å². The minimum absolute atomic E-state index is 0.0600. The van der Waals surface area contributed by atoms with Crippen LogP contribution in [0, 0.1) is 5.92 Å². The summed E-state index contributed by atoms with van der Waals surface area (Å²) >= 11 is 0. The third-order valence-corrected chi connectivity index (χ3v) is 5.87.